The van der Waals surface area contributed by atoms with E-state index in [1.807, 2.05) is 48.3 Å². The van der Waals surface area contributed by atoms with Gasteiger partial charge >= 0.3 is 0 Å². The summed E-state index contributed by atoms with van der Waals surface area (Å²) in [6.07, 6.45) is 5.44. The van der Waals surface area contributed by atoms with Crippen molar-refractivity contribution in [1.82, 2.24) is 20.3 Å². The van der Waals surface area contributed by atoms with E-state index in [2.05, 4.69) is 15.6 Å². The molecule has 0 aliphatic carbocycles. The topological polar surface area (TPSA) is 52.0 Å². The average molecular weight is 272 g/mol. The van der Waals surface area contributed by atoms with Crippen LogP contribution in [-0.2, 0) is 4.74 Å². The molecule has 1 fully saturated rings. The molecule has 1 N–H and O–H groups in total. The molecule has 0 bridgehead atoms. The quantitative estimate of drug-likeness (QED) is 0.905. The SMILES string of the molecule is CNC(CC1CCCO1)c1cnnn1-c1ccccc1. The number of nitrogens with one attached hydrogen (secondary N) is 1. The summed E-state index contributed by atoms with van der Waals surface area (Å²) in [5.74, 6) is 0. The van der Waals surface area contributed by atoms with Gasteiger partial charge in [-0.25, -0.2) is 4.68 Å². The summed E-state index contributed by atoms with van der Waals surface area (Å²) in [7, 11) is 1.97. The molecular weight excluding hydrogens is 252 g/mol. The predicted octanol–water partition coefficient (Wildman–Crippen LogP) is 2.10. The van der Waals surface area contributed by atoms with Crippen LogP contribution in [0.5, 0.6) is 0 Å². The van der Waals surface area contributed by atoms with Crippen molar-refractivity contribution in [3.8, 4) is 5.69 Å². The molecule has 2 aromatic rings. The van der Waals surface area contributed by atoms with Gasteiger partial charge in [0, 0.05) is 6.61 Å². The van der Waals surface area contributed by atoms with Gasteiger partial charge < -0.3 is 10.1 Å². The fourth-order valence-corrected chi connectivity index (χ4v) is 2.73. The van der Waals surface area contributed by atoms with Gasteiger partial charge in [0.25, 0.3) is 0 Å². The minimum atomic E-state index is 0.202. The Kier molecular flexibility index (Phi) is 4.08. The Labute approximate surface area is 118 Å². The first-order valence-electron chi connectivity index (χ1n) is 7.13. The summed E-state index contributed by atoms with van der Waals surface area (Å²) < 4.78 is 7.64. The summed E-state index contributed by atoms with van der Waals surface area (Å²) in [4.78, 5) is 0. The van der Waals surface area contributed by atoms with E-state index in [1.165, 1.54) is 0 Å². The fraction of sp³-hybridized carbons (Fsp3) is 0.467. The first kappa shape index (κ1) is 13.3. The van der Waals surface area contributed by atoms with Crippen LogP contribution < -0.4 is 5.32 Å². The highest BCUT2D eigenvalue weighted by atomic mass is 16.5. The largest absolute Gasteiger partial charge is 0.378 e. The lowest BCUT2D eigenvalue weighted by molar-refractivity contribution is 0.0947. The third-order valence-corrected chi connectivity index (χ3v) is 3.80. The molecule has 2 unspecified atom stereocenters. The first-order chi connectivity index (χ1) is 9.88. The second-order valence-electron chi connectivity index (χ2n) is 5.12. The molecule has 1 aromatic carbocycles. The van der Waals surface area contributed by atoms with E-state index in [1.54, 1.807) is 0 Å². The molecule has 5 heteroatoms. The molecule has 1 aliphatic rings. The molecule has 3 rings (SSSR count). The van der Waals surface area contributed by atoms with Crippen LogP contribution in [-0.4, -0.2) is 34.8 Å². The van der Waals surface area contributed by atoms with Gasteiger partial charge in [-0.05, 0) is 38.4 Å². The number of para-hydroxylation sites is 1. The predicted molar refractivity (Wildman–Crippen MR) is 76.8 cm³/mol. The van der Waals surface area contributed by atoms with Gasteiger partial charge in [-0.2, -0.15) is 0 Å². The van der Waals surface area contributed by atoms with E-state index in [9.17, 15) is 0 Å². The maximum absolute atomic E-state index is 5.74. The number of rotatable bonds is 5. The molecule has 2 atom stereocenters. The van der Waals surface area contributed by atoms with Crippen molar-refractivity contribution in [2.24, 2.45) is 0 Å². The van der Waals surface area contributed by atoms with Gasteiger partial charge in [0.2, 0.25) is 0 Å². The van der Waals surface area contributed by atoms with Crippen LogP contribution in [0.1, 0.15) is 31.0 Å². The van der Waals surface area contributed by atoms with Gasteiger partial charge in [0.05, 0.1) is 29.7 Å². The molecule has 106 valence electrons. The average Bonchev–Trinajstić information content (AvgIpc) is 3.17. The highest BCUT2D eigenvalue weighted by molar-refractivity contribution is 5.32. The second-order valence-corrected chi connectivity index (χ2v) is 5.12. The zero-order valence-electron chi connectivity index (χ0n) is 11.7. The molecular formula is C15H20N4O. The van der Waals surface area contributed by atoms with Crippen molar-refractivity contribution >= 4 is 0 Å². The fourth-order valence-electron chi connectivity index (χ4n) is 2.73. The van der Waals surface area contributed by atoms with E-state index >= 15 is 0 Å². The smallest absolute Gasteiger partial charge is 0.0816 e. The van der Waals surface area contributed by atoms with Crippen molar-refractivity contribution in [3.05, 3.63) is 42.2 Å². The Hall–Kier alpha value is -1.72. The Balaban J connectivity index is 1.83. The lowest BCUT2D eigenvalue weighted by Crippen LogP contribution is -2.24. The van der Waals surface area contributed by atoms with Crippen molar-refractivity contribution in [3.63, 3.8) is 0 Å². The Morgan fingerprint density at radius 2 is 2.25 bits per heavy atom. The van der Waals surface area contributed by atoms with Crippen LogP contribution in [0.15, 0.2) is 36.5 Å². The summed E-state index contributed by atoms with van der Waals surface area (Å²) in [6, 6.07) is 10.3. The third kappa shape index (κ3) is 2.73. The van der Waals surface area contributed by atoms with Gasteiger partial charge in [-0.15, -0.1) is 5.10 Å². The molecule has 0 saturated carbocycles. The van der Waals surface area contributed by atoms with E-state index in [0.717, 1.165) is 37.3 Å². The minimum Gasteiger partial charge on any atom is -0.378 e. The van der Waals surface area contributed by atoms with E-state index in [4.69, 9.17) is 4.74 Å². The van der Waals surface area contributed by atoms with Gasteiger partial charge in [0.1, 0.15) is 0 Å². The summed E-state index contributed by atoms with van der Waals surface area (Å²) >= 11 is 0. The van der Waals surface area contributed by atoms with Crippen LogP contribution in [0.2, 0.25) is 0 Å². The number of nitrogens with zero attached hydrogens (tertiary/aromatic N) is 3. The number of hydrogen-bond acceptors (Lipinski definition) is 4. The molecule has 1 saturated heterocycles. The number of benzene rings is 1. The minimum absolute atomic E-state index is 0.202. The zero-order chi connectivity index (χ0) is 13.8. The van der Waals surface area contributed by atoms with Crippen molar-refractivity contribution in [2.45, 2.75) is 31.4 Å². The normalized spacial score (nSPS) is 20.1. The van der Waals surface area contributed by atoms with Crippen molar-refractivity contribution < 1.29 is 4.74 Å². The Morgan fingerprint density at radius 3 is 2.95 bits per heavy atom. The highest BCUT2D eigenvalue weighted by Gasteiger charge is 2.23. The first-order valence-corrected chi connectivity index (χ1v) is 7.13. The monoisotopic (exact) mass is 272 g/mol. The molecule has 0 amide bonds. The molecule has 5 nitrogen and oxygen atoms in total. The Morgan fingerprint density at radius 1 is 1.40 bits per heavy atom. The maximum Gasteiger partial charge on any atom is 0.0816 e. The van der Waals surface area contributed by atoms with E-state index in [-0.39, 0.29) is 6.04 Å². The summed E-state index contributed by atoms with van der Waals surface area (Å²) in [6.45, 7) is 0.886. The van der Waals surface area contributed by atoms with E-state index in [0.29, 0.717) is 6.10 Å². The lowest BCUT2D eigenvalue weighted by atomic mass is 10.0. The van der Waals surface area contributed by atoms with Gasteiger partial charge in [-0.3, -0.25) is 0 Å². The molecule has 0 spiro atoms. The molecule has 0 radical (unpaired) electrons. The number of hydrogen-bond donors (Lipinski definition) is 1. The van der Waals surface area contributed by atoms with Crippen LogP contribution in [0, 0.1) is 0 Å². The van der Waals surface area contributed by atoms with Crippen LogP contribution in [0.3, 0.4) is 0 Å². The van der Waals surface area contributed by atoms with Crippen LogP contribution in [0.4, 0.5) is 0 Å². The molecule has 1 aliphatic heterocycles. The Bertz CT molecular complexity index is 534. The molecule has 2 heterocycles. The maximum atomic E-state index is 5.74. The van der Waals surface area contributed by atoms with Crippen molar-refractivity contribution in [2.75, 3.05) is 13.7 Å². The van der Waals surface area contributed by atoms with Crippen LogP contribution in [0.25, 0.3) is 5.69 Å². The molecule has 1 aromatic heterocycles. The standard InChI is InChI=1S/C15H20N4O/c1-16-14(10-13-8-5-9-20-13)15-11-17-18-19(15)12-6-3-2-4-7-12/h2-4,6-7,11,13-14,16H,5,8-10H2,1H3. The zero-order valence-corrected chi connectivity index (χ0v) is 11.7. The third-order valence-electron chi connectivity index (χ3n) is 3.80. The summed E-state index contributed by atoms with van der Waals surface area (Å²) in [5, 5.41) is 11.7. The van der Waals surface area contributed by atoms with E-state index < -0.39 is 0 Å². The number of aromatic nitrogens is 3. The van der Waals surface area contributed by atoms with Gasteiger partial charge in [0.15, 0.2) is 0 Å². The molecule has 20 heavy (non-hydrogen) atoms. The lowest BCUT2D eigenvalue weighted by Gasteiger charge is -2.20. The van der Waals surface area contributed by atoms with Crippen molar-refractivity contribution in [1.29, 1.82) is 0 Å². The highest BCUT2D eigenvalue weighted by Crippen LogP contribution is 2.25. The number of ether oxygens (including phenoxy) is 1. The summed E-state index contributed by atoms with van der Waals surface area (Å²) in [5.41, 5.74) is 2.11. The van der Waals surface area contributed by atoms with Gasteiger partial charge in [-0.1, -0.05) is 23.4 Å². The second kappa shape index (κ2) is 6.15. The van der Waals surface area contributed by atoms with Crippen LogP contribution >= 0.6 is 0 Å².